The lowest BCUT2D eigenvalue weighted by Crippen LogP contribution is -2.33. The molecule has 0 atom stereocenters. The number of carbonyl (C=O) groups is 1. The van der Waals surface area contributed by atoms with Crippen molar-refractivity contribution in [2.45, 2.75) is 31.1 Å². The number of sulfonamides is 1. The zero-order valence-corrected chi connectivity index (χ0v) is 16.2. The van der Waals surface area contributed by atoms with E-state index in [1.54, 1.807) is 12.1 Å². The Morgan fingerprint density at radius 1 is 1.12 bits per heavy atom. The Morgan fingerprint density at radius 3 is 2.27 bits per heavy atom. The largest absolute Gasteiger partial charge is 0.325 e. The highest BCUT2D eigenvalue weighted by Gasteiger charge is 2.18. The number of hydrogen-bond donors (Lipinski definition) is 2. The van der Waals surface area contributed by atoms with Gasteiger partial charge in [0.25, 0.3) is 0 Å². The minimum absolute atomic E-state index is 0.0723. The van der Waals surface area contributed by atoms with Crippen LogP contribution in [0.2, 0.25) is 5.02 Å². The molecule has 0 aliphatic heterocycles. The fraction of sp³-hybridized carbons (Fsp3) is 0.278. The van der Waals surface area contributed by atoms with Crippen molar-refractivity contribution < 1.29 is 17.6 Å². The molecule has 2 N–H and O–H groups in total. The SMILES string of the molecule is CC(C)(C)c1ccc(S(=O)(=O)NCC(=O)Nc2ccc(F)c(Cl)c2)cc1. The molecule has 2 rings (SSSR count). The van der Waals surface area contributed by atoms with Crippen molar-refractivity contribution in [3.63, 3.8) is 0 Å². The highest BCUT2D eigenvalue weighted by Crippen LogP contribution is 2.23. The van der Waals surface area contributed by atoms with Crippen molar-refractivity contribution in [2.75, 3.05) is 11.9 Å². The minimum Gasteiger partial charge on any atom is -0.325 e. The lowest BCUT2D eigenvalue weighted by Gasteiger charge is -2.19. The maximum Gasteiger partial charge on any atom is 0.241 e. The minimum atomic E-state index is -3.82. The van der Waals surface area contributed by atoms with Crippen molar-refractivity contribution in [2.24, 2.45) is 0 Å². The molecular formula is C18H20ClFN2O3S. The molecule has 0 radical (unpaired) electrons. The molecule has 26 heavy (non-hydrogen) atoms. The van der Waals surface area contributed by atoms with Gasteiger partial charge < -0.3 is 5.32 Å². The van der Waals surface area contributed by atoms with Crippen LogP contribution in [0.5, 0.6) is 0 Å². The van der Waals surface area contributed by atoms with Crippen LogP contribution in [-0.4, -0.2) is 20.9 Å². The van der Waals surface area contributed by atoms with Crippen LogP contribution in [0.1, 0.15) is 26.3 Å². The second-order valence-electron chi connectivity index (χ2n) is 6.78. The molecule has 0 aliphatic carbocycles. The monoisotopic (exact) mass is 398 g/mol. The van der Waals surface area contributed by atoms with Crippen LogP contribution in [0.4, 0.5) is 10.1 Å². The number of carbonyl (C=O) groups excluding carboxylic acids is 1. The summed E-state index contributed by atoms with van der Waals surface area (Å²) >= 11 is 5.63. The Bertz CT molecular complexity index is 907. The van der Waals surface area contributed by atoms with Gasteiger partial charge in [0.2, 0.25) is 15.9 Å². The average molecular weight is 399 g/mol. The van der Waals surface area contributed by atoms with Crippen molar-refractivity contribution in [1.29, 1.82) is 0 Å². The molecule has 0 fully saturated rings. The smallest absolute Gasteiger partial charge is 0.241 e. The summed E-state index contributed by atoms with van der Waals surface area (Å²) in [6.07, 6.45) is 0. The van der Waals surface area contributed by atoms with Gasteiger partial charge in [0, 0.05) is 5.69 Å². The van der Waals surface area contributed by atoms with Crippen LogP contribution in [0.3, 0.4) is 0 Å². The Morgan fingerprint density at radius 2 is 1.73 bits per heavy atom. The number of rotatable bonds is 5. The summed E-state index contributed by atoms with van der Waals surface area (Å²) in [5, 5.41) is 2.31. The standard InChI is InChI=1S/C18H20ClFN2O3S/c1-18(2,3)12-4-7-14(8-5-12)26(24,25)21-11-17(23)22-13-6-9-16(20)15(19)10-13/h4-10,21H,11H2,1-3H3,(H,22,23). The highest BCUT2D eigenvalue weighted by molar-refractivity contribution is 7.89. The summed E-state index contributed by atoms with van der Waals surface area (Å²) in [6.45, 7) is 5.63. The Balaban J connectivity index is 2.00. The summed E-state index contributed by atoms with van der Waals surface area (Å²) in [5.74, 6) is -1.20. The molecule has 0 heterocycles. The third-order valence-electron chi connectivity index (χ3n) is 3.66. The van der Waals surface area contributed by atoms with E-state index in [2.05, 4.69) is 10.0 Å². The van der Waals surface area contributed by atoms with E-state index in [1.807, 2.05) is 20.8 Å². The van der Waals surface area contributed by atoms with Crippen LogP contribution < -0.4 is 10.0 Å². The van der Waals surface area contributed by atoms with E-state index in [4.69, 9.17) is 11.6 Å². The summed E-state index contributed by atoms with van der Waals surface area (Å²) < 4.78 is 39.9. The number of anilines is 1. The van der Waals surface area contributed by atoms with Crippen molar-refractivity contribution in [3.8, 4) is 0 Å². The van der Waals surface area contributed by atoms with Crippen molar-refractivity contribution >= 4 is 33.2 Å². The van der Waals surface area contributed by atoms with E-state index in [-0.39, 0.29) is 21.0 Å². The highest BCUT2D eigenvalue weighted by atomic mass is 35.5. The Hall–Kier alpha value is -1.96. The molecule has 2 aromatic carbocycles. The molecule has 2 aromatic rings. The molecule has 0 saturated heterocycles. The second-order valence-corrected chi connectivity index (χ2v) is 8.95. The first-order chi connectivity index (χ1) is 12.0. The fourth-order valence-corrected chi connectivity index (χ4v) is 3.32. The third kappa shape index (κ3) is 5.27. The lowest BCUT2D eigenvalue weighted by atomic mass is 9.87. The fourth-order valence-electron chi connectivity index (χ4n) is 2.16. The molecule has 0 saturated carbocycles. The number of hydrogen-bond acceptors (Lipinski definition) is 3. The molecular weight excluding hydrogens is 379 g/mol. The van der Waals surface area contributed by atoms with Crippen LogP contribution in [-0.2, 0) is 20.2 Å². The maximum atomic E-state index is 13.1. The zero-order valence-electron chi connectivity index (χ0n) is 14.6. The number of amides is 1. The first-order valence-corrected chi connectivity index (χ1v) is 9.70. The van der Waals surface area contributed by atoms with Crippen LogP contribution in [0, 0.1) is 5.82 Å². The predicted octanol–water partition coefficient (Wildman–Crippen LogP) is 3.69. The van der Waals surface area contributed by atoms with Crippen molar-refractivity contribution in [3.05, 3.63) is 58.9 Å². The normalized spacial score (nSPS) is 12.0. The van der Waals surface area contributed by atoms with Gasteiger partial charge in [-0.05, 0) is 41.3 Å². The second kappa shape index (κ2) is 7.73. The molecule has 0 spiro atoms. The first kappa shape index (κ1) is 20.4. The van der Waals surface area contributed by atoms with Gasteiger partial charge in [0.15, 0.2) is 0 Å². The lowest BCUT2D eigenvalue weighted by molar-refractivity contribution is -0.115. The van der Waals surface area contributed by atoms with Gasteiger partial charge in [-0.1, -0.05) is 44.5 Å². The topological polar surface area (TPSA) is 75.3 Å². The summed E-state index contributed by atoms with van der Waals surface area (Å²) in [7, 11) is -3.82. The molecule has 0 aliphatic rings. The summed E-state index contributed by atoms with van der Waals surface area (Å²) in [5.41, 5.74) is 1.18. The summed E-state index contributed by atoms with van der Waals surface area (Å²) in [4.78, 5) is 12.0. The van der Waals surface area contributed by atoms with Gasteiger partial charge in [0.1, 0.15) is 5.82 Å². The molecule has 0 unspecified atom stereocenters. The van der Waals surface area contributed by atoms with Crippen LogP contribution in [0.15, 0.2) is 47.4 Å². The van der Waals surface area contributed by atoms with Gasteiger partial charge in [-0.2, -0.15) is 0 Å². The molecule has 8 heteroatoms. The number of halogens is 2. The molecule has 5 nitrogen and oxygen atoms in total. The van der Waals surface area contributed by atoms with Crippen molar-refractivity contribution in [1.82, 2.24) is 4.72 Å². The van der Waals surface area contributed by atoms with E-state index >= 15 is 0 Å². The van der Waals surface area contributed by atoms with Gasteiger partial charge in [0.05, 0.1) is 16.5 Å². The first-order valence-electron chi connectivity index (χ1n) is 7.84. The Labute approximate surface area is 157 Å². The van der Waals surface area contributed by atoms with Gasteiger partial charge in [-0.15, -0.1) is 0 Å². The summed E-state index contributed by atoms with van der Waals surface area (Å²) in [6, 6.07) is 10.2. The zero-order chi connectivity index (χ0) is 19.5. The average Bonchev–Trinajstić information content (AvgIpc) is 2.56. The number of benzene rings is 2. The van der Waals surface area contributed by atoms with E-state index in [1.165, 1.54) is 24.3 Å². The molecule has 140 valence electrons. The van der Waals surface area contributed by atoms with Gasteiger partial charge in [-0.25, -0.2) is 17.5 Å². The predicted molar refractivity (Wildman–Crippen MR) is 100 cm³/mol. The quantitative estimate of drug-likeness (QED) is 0.806. The maximum absolute atomic E-state index is 13.1. The number of nitrogens with one attached hydrogen (secondary N) is 2. The molecule has 0 bridgehead atoms. The van der Waals surface area contributed by atoms with Crippen LogP contribution >= 0.6 is 11.6 Å². The van der Waals surface area contributed by atoms with E-state index in [9.17, 15) is 17.6 Å². The van der Waals surface area contributed by atoms with Gasteiger partial charge in [-0.3, -0.25) is 4.79 Å². The van der Waals surface area contributed by atoms with Gasteiger partial charge >= 0.3 is 0 Å². The Kier molecular flexibility index (Phi) is 6.05. The third-order valence-corrected chi connectivity index (χ3v) is 5.36. The molecule has 1 amide bonds. The van der Waals surface area contributed by atoms with E-state index in [0.717, 1.165) is 11.6 Å². The van der Waals surface area contributed by atoms with E-state index < -0.39 is 28.3 Å². The molecule has 0 aromatic heterocycles. The van der Waals surface area contributed by atoms with E-state index in [0.29, 0.717) is 0 Å². The van der Waals surface area contributed by atoms with Crippen LogP contribution in [0.25, 0.3) is 0 Å².